The Labute approximate surface area is 120 Å². The van der Waals surface area contributed by atoms with Crippen LogP contribution in [0.2, 0.25) is 0 Å². The van der Waals surface area contributed by atoms with Crippen LogP contribution in [0.15, 0.2) is 59.6 Å². The molecule has 0 radical (unpaired) electrons. The summed E-state index contributed by atoms with van der Waals surface area (Å²) in [7, 11) is 8.21. The number of fused-ring (bicyclic) bond motifs is 2. The first-order valence-electron chi connectivity index (χ1n) is 6.95. The monoisotopic (exact) mass is 269 g/mol. The fourth-order valence-electron chi connectivity index (χ4n) is 2.61. The molecule has 0 spiro atoms. The Hall–Kier alpha value is -2.03. The van der Waals surface area contributed by atoms with Gasteiger partial charge < -0.3 is 9.64 Å². The Morgan fingerprint density at radius 1 is 1.10 bits per heavy atom. The molecule has 0 fully saturated rings. The first-order valence-corrected chi connectivity index (χ1v) is 6.95. The molecule has 1 heterocycles. The Morgan fingerprint density at radius 2 is 1.90 bits per heavy atom. The number of hydrogen-bond acceptors (Lipinski definition) is 2. The number of rotatable bonds is 1. The maximum atomic E-state index is 6.19. The third-order valence-corrected chi connectivity index (χ3v) is 3.87. The summed E-state index contributed by atoms with van der Waals surface area (Å²) in [4.78, 5) is 2.11. The topological polar surface area (TPSA) is 15.5 Å². The van der Waals surface area contributed by atoms with E-state index < -0.39 is 0 Å². The van der Waals surface area contributed by atoms with E-state index >= 15 is 0 Å². The first-order chi connectivity index (χ1) is 9.54. The van der Waals surface area contributed by atoms with E-state index in [-0.39, 0.29) is 6.10 Å². The van der Waals surface area contributed by atoms with Gasteiger partial charge in [-0.05, 0) is 18.2 Å². The van der Waals surface area contributed by atoms with Gasteiger partial charge in [-0.25, -0.2) is 4.58 Å². The highest BCUT2D eigenvalue weighted by Crippen LogP contribution is 2.34. The lowest BCUT2D eigenvalue weighted by atomic mass is 9.89. The minimum Gasteiger partial charge on any atom is -0.484 e. The summed E-state index contributed by atoms with van der Waals surface area (Å²) in [6.07, 6.45) is 15.4. The van der Waals surface area contributed by atoms with Gasteiger partial charge >= 0.3 is 0 Å². The number of nitrogens with zero attached hydrogens (tertiary/aromatic N) is 2. The molecule has 0 aromatic rings. The molecule has 0 saturated carbocycles. The molecule has 0 amide bonds. The average molecular weight is 269 g/mol. The van der Waals surface area contributed by atoms with Crippen LogP contribution in [0.4, 0.5) is 0 Å². The normalized spacial score (nSPS) is 26.8. The highest BCUT2D eigenvalue weighted by molar-refractivity contribution is 6.03. The largest absolute Gasteiger partial charge is 0.484 e. The van der Waals surface area contributed by atoms with Crippen LogP contribution in [0.5, 0.6) is 0 Å². The standard InChI is InChI=1S/C17H21N2O/c1-18(2)14-7-5-12-9-13-6-8-15(19(3)4)11-17(13)20-16(12)10-14/h5-12,16H,1-4H3/q+1. The van der Waals surface area contributed by atoms with Crippen molar-refractivity contribution in [2.75, 3.05) is 28.2 Å². The molecule has 2 unspecified atom stereocenters. The predicted molar refractivity (Wildman–Crippen MR) is 81.7 cm³/mol. The van der Waals surface area contributed by atoms with Crippen LogP contribution in [-0.2, 0) is 4.74 Å². The molecule has 0 aromatic carbocycles. The van der Waals surface area contributed by atoms with E-state index in [1.165, 1.54) is 17.0 Å². The number of ether oxygens (including phenoxy) is 1. The molecule has 0 aromatic heterocycles. The Morgan fingerprint density at radius 3 is 2.60 bits per heavy atom. The van der Waals surface area contributed by atoms with Gasteiger partial charge in [0.2, 0.25) is 5.71 Å². The van der Waals surface area contributed by atoms with Gasteiger partial charge in [-0.15, -0.1) is 0 Å². The summed E-state index contributed by atoms with van der Waals surface area (Å²) in [5.74, 6) is 1.30. The fourth-order valence-corrected chi connectivity index (χ4v) is 2.61. The average Bonchev–Trinajstić information content (AvgIpc) is 2.43. The second-order valence-corrected chi connectivity index (χ2v) is 5.79. The molecule has 0 saturated heterocycles. The second-order valence-electron chi connectivity index (χ2n) is 5.79. The summed E-state index contributed by atoms with van der Waals surface area (Å²) in [6, 6.07) is 0. The minimum atomic E-state index is 0.0994. The number of hydrogen-bond donors (Lipinski definition) is 0. The first kappa shape index (κ1) is 13.0. The smallest absolute Gasteiger partial charge is 0.203 e. The van der Waals surface area contributed by atoms with Crippen molar-refractivity contribution in [3.8, 4) is 0 Å². The molecule has 104 valence electrons. The van der Waals surface area contributed by atoms with Crippen LogP contribution < -0.4 is 0 Å². The predicted octanol–water partition coefficient (Wildman–Crippen LogP) is 2.11. The molecule has 0 bridgehead atoms. The van der Waals surface area contributed by atoms with Crippen LogP contribution in [0.1, 0.15) is 0 Å². The summed E-state index contributed by atoms with van der Waals surface area (Å²) in [5, 5.41) is 0. The van der Waals surface area contributed by atoms with Crippen molar-refractivity contribution >= 4 is 5.71 Å². The Bertz CT molecular complexity index is 611. The van der Waals surface area contributed by atoms with E-state index in [1.54, 1.807) is 0 Å². The third kappa shape index (κ3) is 2.24. The third-order valence-electron chi connectivity index (χ3n) is 3.87. The van der Waals surface area contributed by atoms with Crippen molar-refractivity contribution < 1.29 is 9.31 Å². The zero-order chi connectivity index (χ0) is 14.3. The maximum absolute atomic E-state index is 6.19. The van der Waals surface area contributed by atoms with Crippen LogP contribution in [-0.4, -0.2) is 49.5 Å². The van der Waals surface area contributed by atoms with Gasteiger partial charge in [0.1, 0.15) is 26.0 Å². The SMILES string of the molecule is CN(C)C1=CC2OC3=CC(=[N+](C)C)C=CC3=CC2C=C1. The van der Waals surface area contributed by atoms with Crippen molar-refractivity contribution in [2.45, 2.75) is 6.10 Å². The molecule has 2 atom stereocenters. The Balaban J connectivity index is 1.95. The highest BCUT2D eigenvalue weighted by Gasteiger charge is 2.29. The zero-order valence-electron chi connectivity index (χ0n) is 12.5. The van der Waals surface area contributed by atoms with E-state index in [9.17, 15) is 0 Å². The van der Waals surface area contributed by atoms with Crippen molar-refractivity contribution in [2.24, 2.45) is 5.92 Å². The molecule has 2 aliphatic carbocycles. The van der Waals surface area contributed by atoms with Crippen LogP contribution in [0.25, 0.3) is 0 Å². The Kier molecular flexibility index (Phi) is 3.13. The summed E-state index contributed by atoms with van der Waals surface area (Å²) in [5.41, 5.74) is 3.55. The second kappa shape index (κ2) is 4.82. The molecular weight excluding hydrogens is 248 g/mol. The highest BCUT2D eigenvalue weighted by atomic mass is 16.5. The van der Waals surface area contributed by atoms with Gasteiger partial charge in [-0.2, -0.15) is 0 Å². The molecule has 1 aliphatic heterocycles. The molecular formula is C17H21N2O+. The summed E-state index contributed by atoms with van der Waals surface area (Å²) < 4.78 is 8.29. The van der Waals surface area contributed by atoms with E-state index in [4.69, 9.17) is 4.74 Å². The van der Waals surface area contributed by atoms with Gasteiger partial charge in [-0.3, -0.25) is 0 Å². The van der Waals surface area contributed by atoms with E-state index in [2.05, 4.69) is 66.1 Å². The van der Waals surface area contributed by atoms with Crippen LogP contribution >= 0.6 is 0 Å². The maximum Gasteiger partial charge on any atom is 0.203 e. The van der Waals surface area contributed by atoms with Gasteiger partial charge in [-0.1, -0.05) is 12.2 Å². The number of allylic oxidation sites excluding steroid dienone is 4. The van der Waals surface area contributed by atoms with Crippen molar-refractivity contribution in [3.05, 3.63) is 59.6 Å². The molecule has 0 N–H and O–H groups in total. The van der Waals surface area contributed by atoms with E-state index in [0.717, 1.165) is 5.76 Å². The summed E-state index contributed by atoms with van der Waals surface area (Å²) in [6.45, 7) is 0. The molecule has 3 heteroatoms. The number of likely N-dealkylation sites (N-methyl/N-ethyl adjacent to an activating group) is 1. The molecule has 20 heavy (non-hydrogen) atoms. The van der Waals surface area contributed by atoms with Gasteiger partial charge in [0.05, 0.1) is 6.08 Å². The lowest BCUT2D eigenvalue weighted by Gasteiger charge is -2.33. The zero-order valence-corrected chi connectivity index (χ0v) is 12.5. The van der Waals surface area contributed by atoms with Crippen LogP contribution in [0, 0.1) is 5.92 Å². The van der Waals surface area contributed by atoms with Crippen molar-refractivity contribution in [1.82, 2.24) is 4.90 Å². The summed E-state index contributed by atoms with van der Waals surface area (Å²) >= 11 is 0. The lowest BCUT2D eigenvalue weighted by Crippen LogP contribution is -2.29. The van der Waals surface area contributed by atoms with Gasteiger partial charge in [0.15, 0.2) is 0 Å². The van der Waals surface area contributed by atoms with Crippen LogP contribution in [0.3, 0.4) is 0 Å². The van der Waals surface area contributed by atoms with Gasteiger partial charge in [0, 0.05) is 37.4 Å². The quantitative estimate of drug-likeness (QED) is 0.678. The van der Waals surface area contributed by atoms with E-state index in [0.29, 0.717) is 5.92 Å². The van der Waals surface area contributed by atoms with Gasteiger partial charge in [0.25, 0.3) is 0 Å². The molecule has 3 rings (SSSR count). The van der Waals surface area contributed by atoms with Crippen molar-refractivity contribution in [3.63, 3.8) is 0 Å². The minimum absolute atomic E-state index is 0.0994. The molecule has 3 nitrogen and oxygen atoms in total. The van der Waals surface area contributed by atoms with E-state index in [1.807, 2.05) is 14.1 Å². The fraction of sp³-hybridized carbons (Fsp3) is 0.353. The molecule has 3 aliphatic rings. The lowest BCUT2D eigenvalue weighted by molar-refractivity contribution is -0.462. The van der Waals surface area contributed by atoms with Crippen molar-refractivity contribution in [1.29, 1.82) is 0 Å².